The third kappa shape index (κ3) is 5.46. The van der Waals surface area contributed by atoms with Crippen molar-refractivity contribution >= 4 is 5.97 Å². The molecular weight excluding hydrogens is 248 g/mol. The summed E-state index contributed by atoms with van der Waals surface area (Å²) in [5.74, 6) is 1.68. The van der Waals surface area contributed by atoms with Crippen LogP contribution in [0.5, 0.6) is 0 Å². The molecule has 2 heteroatoms. The van der Waals surface area contributed by atoms with Gasteiger partial charge in [0.05, 0.1) is 5.41 Å². The van der Waals surface area contributed by atoms with Crippen LogP contribution in [0.3, 0.4) is 0 Å². The smallest absolute Gasteiger partial charge is 0.312 e. The maximum absolute atomic E-state index is 12.6. The lowest BCUT2D eigenvalue weighted by Crippen LogP contribution is -2.39. The fourth-order valence-electron chi connectivity index (χ4n) is 2.62. The first-order valence-corrected chi connectivity index (χ1v) is 8.25. The molecule has 2 nitrogen and oxygen atoms in total. The Morgan fingerprint density at radius 3 is 1.90 bits per heavy atom. The Kier molecular flexibility index (Phi) is 7.83. The van der Waals surface area contributed by atoms with Crippen molar-refractivity contribution in [1.29, 1.82) is 0 Å². The first-order valence-electron chi connectivity index (χ1n) is 8.25. The van der Waals surface area contributed by atoms with Crippen molar-refractivity contribution in [2.75, 3.05) is 0 Å². The van der Waals surface area contributed by atoms with Crippen LogP contribution >= 0.6 is 0 Å². The number of hydrogen-bond acceptors (Lipinski definition) is 2. The lowest BCUT2D eigenvalue weighted by atomic mass is 9.76. The second kappa shape index (κ2) is 8.05. The van der Waals surface area contributed by atoms with E-state index in [2.05, 4.69) is 48.5 Å². The molecule has 0 N–H and O–H groups in total. The van der Waals surface area contributed by atoms with E-state index >= 15 is 0 Å². The van der Waals surface area contributed by atoms with Crippen molar-refractivity contribution in [2.24, 2.45) is 29.1 Å². The molecule has 0 aromatic rings. The maximum atomic E-state index is 12.6. The van der Waals surface area contributed by atoms with Crippen LogP contribution in [-0.4, -0.2) is 12.1 Å². The molecule has 0 fully saturated rings. The average Bonchev–Trinajstić information content (AvgIpc) is 2.33. The van der Waals surface area contributed by atoms with Crippen LogP contribution in [-0.2, 0) is 9.53 Å². The molecule has 20 heavy (non-hydrogen) atoms. The van der Waals surface area contributed by atoms with Crippen molar-refractivity contribution in [3.05, 3.63) is 0 Å². The third-order valence-electron chi connectivity index (χ3n) is 4.69. The minimum absolute atomic E-state index is 0.0259. The van der Waals surface area contributed by atoms with Crippen LogP contribution in [0.15, 0.2) is 0 Å². The van der Waals surface area contributed by atoms with Gasteiger partial charge in [-0.3, -0.25) is 4.79 Å². The van der Waals surface area contributed by atoms with Gasteiger partial charge in [-0.15, -0.1) is 0 Å². The van der Waals surface area contributed by atoms with Crippen LogP contribution in [0.2, 0.25) is 0 Å². The van der Waals surface area contributed by atoms with Crippen LogP contribution in [0.25, 0.3) is 0 Å². The van der Waals surface area contributed by atoms with Crippen molar-refractivity contribution in [2.45, 2.75) is 81.3 Å². The fourth-order valence-corrected chi connectivity index (χ4v) is 2.62. The van der Waals surface area contributed by atoms with Crippen LogP contribution in [0.1, 0.15) is 75.2 Å². The number of carbonyl (C=O) groups excluding carboxylic acids is 1. The summed E-state index contributed by atoms with van der Waals surface area (Å²) in [6.45, 7) is 19.2. The molecule has 0 amide bonds. The van der Waals surface area contributed by atoms with Gasteiger partial charge in [-0.1, -0.05) is 54.9 Å². The van der Waals surface area contributed by atoms with E-state index in [0.29, 0.717) is 23.7 Å². The van der Waals surface area contributed by atoms with Gasteiger partial charge in [0.2, 0.25) is 0 Å². The zero-order chi connectivity index (χ0) is 16.1. The predicted molar refractivity (Wildman–Crippen MR) is 86.6 cm³/mol. The van der Waals surface area contributed by atoms with Crippen LogP contribution in [0, 0.1) is 29.1 Å². The van der Waals surface area contributed by atoms with Gasteiger partial charge in [0, 0.05) is 0 Å². The zero-order valence-corrected chi connectivity index (χ0v) is 15.1. The van der Waals surface area contributed by atoms with Gasteiger partial charge < -0.3 is 4.74 Å². The molecule has 0 bridgehead atoms. The number of esters is 1. The molecule has 0 aromatic carbocycles. The number of hydrogen-bond donors (Lipinski definition) is 0. The molecule has 3 atom stereocenters. The summed E-state index contributed by atoms with van der Waals surface area (Å²) in [4.78, 5) is 12.6. The Morgan fingerprint density at radius 2 is 1.55 bits per heavy atom. The van der Waals surface area contributed by atoms with E-state index in [1.165, 1.54) is 0 Å². The van der Waals surface area contributed by atoms with Crippen LogP contribution < -0.4 is 0 Å². The second-order valence-corrected chi connectivity index (χ2v) is 7.75. The molecule has 0 aromatic heterocycles. The highest BCUT2D eigenvalue weighted by atomic mass is 16.5. The Bertz CT molecular complexity index is 292. The molecule has 0 rings (SSSR count). The van der Waals surface area contributed by atoms with Gasteiger partial charge in [-0.25, -0.2) is 0 Å². The Balaban J connectivity index is 4.86. The molecular formula is C18H36O2. The Labute approximate surface area is 126 Å². The summed E-state index contributed by atoms with van der Waals surface area (Å²) in [5, 5.41) is 0. The van der Waals surface area contributed by atoms with Gasteiger partial charge >= 0.3 is 5.97 Å². The molecule has 120 valence electrons. The minimum Gasteiger partial charge on any atom is -0.461 e. The SMILES string of the molecule is CCC(C)C(OC(=O)C(C)(C)C(C)CC(C)C)C(C)C. The summed E-state index contributed by atoms with van der Waals surface area (Å²) >= 11 is 0. The summed E-state index contributed by atoms with van der Waals surface area (Å²) in [5.41, 5.74) is -0.412. The van der Waals surface area contributed by atoms with E-state index in [-0.39, 0.29) is 12.1 Å². The number of rotatable bonds is 8. The van der Waals surface area contributed by atoms with Gasteiger partial charge in [-0.05, 0) is 43.9 Å². The van der Waals surface area contributed by atoms with Gasteiger partial charge in [0.15, 0.2) is 0 Å². The quantitative estimate of drug-likeness (QED) is 0.565. The van der Waals surface area contributed by atoms with E-state index in [1.807, 2.05) is 13.8 Å². The lowest BCUT2D eigenvalue weighted by molar-refractivity contribution is -0.168. The third-order valence-corrected chi connectivity index (χ3v) is 4.69. The van der Waals surface area contributed by atoms with Crippen molar-refractivity contribution in [1.82, 2.24) is 0 Å². The van der Waals surface area contributed by atoms with E-state index < -0.39 is 5.41 Å². The van der Waals surface area contributed by atoms with E-state index in [0.717, 1.165) is 12.8 Å². The molecule has 0 aliphatic carbocycles. The molecule has 3 unspecified atom stereocenters. The molecule has 0 saturated carbocycles. The molecule has 0 aliphatic heterocycles. The Hall–Kier alpha value is -0.530. The normalized spacial score (nSPS) is 17.1. The molecule has 0 radical (unpaired) electrons. The first kappa shape index (κ1) is 19.5. The number of ether oxygens (including phenoxy) is 1. The van der Waals surface area contributed by atoms with E-state index in [1.54, 1.807) is 0 Å². The summed E-state index contributed by atoms with van der Waals surface area (Å²) in [6, 6.07) is 0. The molecule has 0 saturated heterocycles. The zero-order valence-electron chi connectivity index (χ0n) is 15.1. The van der Waals surface area contributed by atoms with Crippen molar-refractivity contribution in [3.8, 4) is 0 Å². The second-order valence-electron chi connectivity index (χ2n) is 7.75. The summed E-state index contributed by atoms with van der Waals surface area (Å²) < 4.78 is 5.89. The summed E-state index contributed by atoms with van der Waals surface area (Å²) in [6.07, 6.45) is 2.12. The molecule has 0 heterocycles. The molecule has 0 spiro atoms. The van der Waals surface area contributed by atoms with Crippen LogP contribution in [0.4, 0.5) is 0 Å². The molecule has 0 aliphatic rings. The van der Waals surface area contributed by atoms with Gasteiger partial charge in [0.1, 0.15) is 6.10 Å². The van der Waals surface area contributed by atoms with E-state index in [4.69, 9.17) is 4.74 Å². The largest absolute Gasteiger partial charge is 0.461 e. The first-order chi connectivity index (χ1) is 9.03. The summed E-state index contributed by atoms with van der Waals surface area (Å²) in [7, 11) is 0. The highest BCUT2D eigenvalue weighted by Crippen LogP contribution is 2.34. The topological polar surface area (TPSA) is 26.3 Å². The minimum atomic E-state index is -0.412. The highest BCUT2D eigenvalue weighted by Gasteiger charge is 2.38. The highest BCUT2D eigenvalue weighted by molar-refractivity contribution is 5.76. The van der Waals surface area contributed by atoms with Gasteiger partial charge in [0.25, 0.3) is 0 Å². The number of carbonyl (C=O) groups is 1. The lowest BCUT2D eigenvalue weighted by Gasteiger charge is -2.35. The van der Waals surface area contributed by atoms with Crippen molar-refractivity contribution < 1.29 is 9.53 Å². The Morgan fingerprint density at radius 1 is 1.05 bits per heavy atom. The maximum Gasteiger partial charge on any atom is 0.312 e. The van der Waals surface area contributed by atoms with E-state index in [9.17, 15) is 4.79 Å². The fraction of sp³-hybridized carbons (Fsp3) is 0.944. The standard InChI is InChI=1S/C18H36O2/c1-10-14(6)16(13(4)5)20-17(19)18(8,9)15(7)11-12(2)3/h12-16H,10-11H2,1-9H3. The predicted octanol–water partition coefficient (Wildman–Crippen LogP) is 5.31. The van der Waals surface area contributed by atoms with Crippen molar-refractivity contribution in [3.63, 3.8) is 0 Å². The monoisotopic (exact) mass is 284 g/mol. The van der Waals surface area contributed by atoms with Gasteiger partial charge in [-0.2, -0.15) is 0 Å². The average molecular weight is 284 g/mol.